The molecule has 0 aromatic rings. The molecule has 5 aliphatic heterocycles. The zero-order valence-electron chi connectivity index (χ0n) is 84.5. The van der Waals surface area contributed by atoms with Crippen LogP contribution in [-0.2, 0) is 86.0 Å². The van der Waals surface area contributed by atoms with Crippen LogP contribution in [0.5, 0.6) is 0 Å². The summed E-state index contributed by atoms with van der Waals surface area (Å²) in [6, 6.07) is 5.02. The van der Waals surface area contributed by atoms with E-state index in [1.54, 1.807) is 12.2 Å². The molecule has 25 unspecified atom stereocenters. The monoisotopic (exact) mass is 1930 g/mol. The normalized spacial score (nSPS) is 53.6. The fourth-order valence-corrected chi connectivity index (χ4v) is 42.3. The number of rotatable bonds is 1. The minimum Gasteiger partial charge on any atom is -0.469 e. The van der Waals surface area contributed by atoms with Crippen LogP contribution in [0, 0.1) is 200 Å². The molecule has 4 bridgehead atoms. The van der Waals surface area contributed by atoms with E-state index in [9.17, 15) is 88.5 Å². The van der Waals surface area contributed by atoms with Gasteiger partial charge in [0.1, 0.15) is 39.6 Å². The first-order valence-electron chi connectivity index (χ1n) is 54.5. The van der Waals surface area contributed by atoms with Crippen LogP contribution in [0.4, 0.5) is 0 Å². The van der Waals surface area contributed by atoms with Gasteiger partial charge < -0.3 is 54.6 Å². The van der Waals surface area contributed by atoms with Crippen LogP contribution in [-0.4, -0.2) is 150 Å². The fraction of sp³-hybridized carbons (Fsp3) is 0.776. The molecule has 141 heavy (non-hydrogen) atoms. The Hall–Kier alpha value is -8.10. The second kappa shape index (κ2) is 31.5. The number of aliphatic hydroxyl groups is 4. The van der Waals surface area contributed by atoms with Crippen molar-refractivity contribution >= 4 is 70.5 Å². The van der Waals surface area contributed by atoms with E-state index in [4.69, 9.17) is 34.2 Å². The van der Waals surface area contributed by atoms with Crippen molar-refractivity contribution in [2.24, 2.45) is 183 Å². The largest absolute Gasteiger partial charge is 0.469 e. The van der Waals surface area contributed by atoms with Crippen molar-refractivity contribution < 1.29 is 106 Å². The zero-order chi connectivity index (χ0) is 99.8. The number of hydrogen-bond donors (Lipinski definition) is 5. The van der Waals surface area contributed by atoms with Gasteiger partial charge in [0, 0.05) is 120 Å². The van der Waals surface area contributed by atoms with Crippen molar-refractivity contribution in [1.82, 2.24) is 0 Å². The summed E-state index contributed by atoms with van der Waals surface area (Å²) in [6.07, 6.45) is 40.1. The van der Waals surface area contributed by atoms with Crippen molar-refractivity contribution in [3.05, 3.63) is 70.5 Å². The Kier molecular flexibility index (Phi) is 21.5. The van der Waals surface area contributed by atoms with Gasteiger partial charge in [-0.25, -0.2) is 0 Å². The maximum absolute atomic E-state index is 13.6. The summed E-state index contributed by atoms with van der Waals surface area (Å²) in [7, 11) is 1.42. The second-order valence-corrected chi connectivity index (χ2v) is 53.1. The molecule has 5 spiro atoms. The highest BCUT2D eigenvalue weighted by Crippen LogP contribution is 2.82. The summed E-state index contributed by atoms with van der Waals surface area (Å²) in [5.74, 6) is 1.09. The number of carbonyl (C=O) groups excluding carboxylic acids is 12. The van der Waals surface area contributed by atoms with Crippen molar-refractivity contribution in [1.29, 1.82) is 10.5 Å². The van der Waals surface area contributed by atoms with E-state index in [0.717, 1.165) is 107 Å². The van der Waals surface area contributed by atoms with Gasteiger partial charge in [-0.3, -0.25) is 57.5 Å². The third-order valence-corrected chi connectivity index (χ3v) is 49.3. The van der Waals surface area contributed by atoms with E-state index in [1.165, 1.54) is 25.5 Å². The Morgan fingerprint density at radius 1 is 0.390 bits per heavy atom. The summed E-state index contributed by atoms with van der Waals surface area (Å²) in [6.45, 7) is 22.1. The minimum atomic E-state index is -0.976. The first-order chi connectivity index (χ1) is 66.6. The highest BCUT2D eigenvalue weighted by Gasteiger charge is 2.83. The lowest BCUT2D eigenvalue weighted by molar-refractivity contribution is -0.213. The maximum Gasteiger partial charge on any atom is 0.309 e. The minimum absolute atomic E-state index is 0.00570. The first-order valence-corrected chi connectivity index (χ1v) is 54.5. The summed E-state index contributed by atoms with van der Waals surface area (Å²) in [5, 5.41) is 66.7. The number of aliphatic hydroxyl groups excluding tert-OH is 4. The second-order valence-electron chi connectivity index (χ2n) is 53.1. The van der Waals surface area contributed by atoms with E-state index in [0.29, 0.717) is 176 Å². The summed E-state index contributed by atoms with van der Waals surface area (Å²) in [4.78, 5) is 148. The van der Waals surface area contributed by atoms with Crippen LogP contribution in [0.2, 0.25) is 0 Å². The third-order valence-electron chi connectivity index (χ3n) is 49.3. The number of allylic oxidation sites excluding steroid dienone is 11. The SMILES string of the molecule is CC12CCC(=O)C=C1C=CC1C2CCC2(C)C1CC[C@@]21CCC(=O)O1.CC12CCC(=O)C=C1C=CC1C2[C@H](O)CC2(C)C1CC[C@@]21CCC(=O)O1.CC12C[C@@H](O)C3C(C1CC[C@@]21CCC(=O)O1)[C@H]1C[C@]2(C#N)C(=C1N)C(=O)CCC32C.CC12C[C@@H](O)C3C(C1CC[C@@]21CCC(=O)O1)[C@H]1C[C@]2(C#N)[C@@H](C(=O)CCC32C)C1=O.COC(=O)[C@@H]1CC2=CC(=O)CCC2(C)C2C1C1CC[C@@]3(CCC(=O)O3)C1(C)C[C@H]2O. The number of hydrogen-bond acceptors (Lipinski definition) is 25. The summed E-state index contributed by atoms with van der Waals surface area (Å²) >= 11 is 0. The number of ether oxygens (including phenoxy) is 6. The number of nitrogens with zero attached hydrogens (tertiary/aromatic N) is 2. The van der Waals surface area contributed by atoms with Gasteiger partial charge in [-0.2, -0.15) is 10.5 Å². The van der Waals surface area contributed by atoms with Crippen LogP contribution in [0.3, 0.4) is 0 Å². The van der Waals surface area contributed by atoms with E-state index in [-0.39, 0.29) is 208 Å². The number of esters is 6. The van der Waals surface area contributed by atoms with Gasteiger partial charge in [-0.1, -0.05) is 99.1 Å². The van der Waals surface area contributed by atoms with Gasteiger partial charge in [0.25, 0.3) is 0 Å². The molecule has 27 aliphatic rings. The average molecular weight is 1940 g/mol. The van der Waals surface area contributed by atoms with Crippen LogP contribution < -0.4 is 5.73 Å². The number of carbonyl (C=O) groups is 12. The third kappa shape index (κ3) is 12.3. The molecular formula is C116H147N3O22. The number of methoxy groups -OCH3 is 1. The van der Waals surface area contributed by atoms with Gasteiger partial charge in [-0.15, -0.1) is 0 Å². The molecule has 5 saturated heterocycles. The molecule has 0 aromatic heterocycles. The summed E-state index contributed by atoms with van der Waals surface area (Å²) in [5.41, 5.74) is 4.87. The number of Topliss-reactive ketones (excluding diaryl/α,β-unsaturated/α-hetero) is 3. The molecule has 0 amide bonds. The van der Waals surface area contributed by atoms with E-state index in [2.05, 4.69) is 106 Å². The van der Waals surface area contributed by atoms with Gasteiger partial charge in [0.05, 0.1) is 66.3 Å². The topological polar surface area (TPSA) is 415 Å². The molecule has 5 heterocycles. The zero-order valence-corrected chi connectivity index (χ0v) is 84.5. The highest BCUT2D eigenvalue weighted by molar-refractivity contribution is 6.08. The fourth-order valence-electron chi connectivity index (χ4n) is 42.3. The van der Waals surface area contributed by atoms with Gasteiger partial charge in [0.2, 0.25) is 0 Å². The Labute approximate surface area is 827 Å². The predicted molar refractivity (Wildman–Crippen MR) is 507 cm³/mol. The summed E-state index contributed by atoms with van der Waals surface area (Å²) < 4.78 is 35.0. The van der Waals surface area contributed by atoms with Crippen LogP contribution in [0.25, 0.3) is 0 Å². The van der Waals surface area contributed by atoms with Gasteiger partial charge in [0.15, 0.2) is 23.1 Å². The lowest BCUT2D eigenvalue weighted by Gasteiger charge is -2.64. The molecule has 22 aliphatic carbocycles. The lowest BCUT2D eigenvalue weighted by Crippen LogP contribution is -2.65. The first kappa shape index (κ1) is 96.4. The quantitative estimate of drug-likeness (QED) is 0.0924. The molecule has 6 N–H and O–H groups in total. The maximum atomic E-state index is 13.6. The van der Waals surface area contributed by atoms with Crippen molar-refractivity contribution in [3.8, 4) is 12.1 Å². The molecule has 40 atom stereocenters. The molecular weight excluding hydrogens is 1790 g/mol. The molecule has 758 valence electrons. The Morgan fingerprint density at radius 3 is 1.28 bits per heavy atom. The molecule has 27 rings (SSSR count). The van der Waals surface area contributed by atoms with Crippen molar-refractivity contribution in [3.63, 3.8) is 0 Å². The highest BCUT2D eigenvalue weighted by atomic mass is 16.6. The average Bonchev–Trinajstić information content (AvgIpc) is 1.49. The molecule has 25 heteroatoms. The predicted octanol–water partition coefficient (Wildman–Crippen LogP) is 15.8. The van der Waals surface area contributed by atoms with Crippen LogP contribution >= 0.6 is 0 Å². The Morgan fingerprint density at radius 2 is 0.794 bits per heavy atom. The number of ketones is 6. The lowest BCUT2D eigenvalue weighted by atomic mass is 9.39. The molecule has 0 aromatic carbocycles. The smallest absolute Gasteiger partial charge is 0.309 e. The van der Waals surface area contributed by atoms with E-state index in [1.807, 2.05) is 6.08 Å². The van der Waals surface area contributed by atoms with E-state index < -0.39 is 68.8 Å². The van der Waals surface area contributed by atoms with Crippen LogP contribution in [0.1, 0.15) is 320 Å². The standard InChI is InChI=1S/C24H30N2O4.C24H29NO5.C24H32O6.C22H28O4.C22H28O3/c1-21-6-4-14(27)19-20(26)12(9-23(19,21)11-25)17-13-3-7-24(8-5-16(29)30-24)22(13,2)10-15(28)18(17)21;1-21-6-4-14(26)19-20(29)12(9-23(19,21)11-25)17-13-3-7-24(8-5-16(28)30-24)22(13,2)10-15(27)18(17)21;1-22-7-4-14(25)10-13(22)11-15(21(28)29-3)19-16-5-8-24(9-6-18(27)30-24)23(16,2)12-17(26)20(19)22;1-20-8-5-14(23)11-13(20)3-4-15-16-6-9-22(10-7-18(25)26-22)21(16,2)12-17(24)19(15)20;1-20-9-5-15(23)13-14(20)3-4-16-17(20)6-10-21(2)18(16)7-11-22(21)12-8-19(24)25-22/h12-13,15,17-18,28H,3-10,26H2,1-2H3;12-13,15,17-19,27H,3-10H2,1-2H3;10,15-17,19-20,26H,4-9,11-12H2,1-3H3;3-4,11,15-17,19,24H,5-10,12H2,1-2H3;3-4,13,16-18H,5-12H2,1-2H3/t12-,13?,15-,17?,18?,21?,22?,23+,24-;12-,13?,15-,17?,18?,19+,21?,22?,23+,24-;15-,16?,17-,19?,20?,22?,23?,24-;15?,16?,17-,19?,20?,21?,22-;16?,17?,18?,20?,21?,22-/m11111/s1. The Balaban J connectivity index is 0.0000000983. The van der Waals surface area contributed by atoms with Crippen LogP contribution in [0.15, 0.2) is 70.5 Å². The Bertz CT molecular complexity index is 5820. The molecule has 25 nitrogen and oxygen atoms in total. The molecule has 16 saturated carbocycles. The van der Waals surface area contributed by atoms with E-state index >= 15 is 0 Å². The number of nitrogens with two attached hydrogens (primary N) is 1. The van der Waals surface area contributed by atoms with Gasteiger partial charge >= 0.3 is 35.8 Å². The van der Waals surface area contributed by atoms with Crippen molar-refractivity contribution in [2.45, 2.75) is 372 Å². The molecule has 0 radical (unpaired) electrons. The number of nitriles is 2. The van der Waals surface area contributed by atoms with Crippen molar-refractivity contribution in [2.75, 3.05) is 7.11 Å². The van der Waals surface area contributed by atoms with Gasteiger partial charge in [-0.05, 0) is 326 Å². The molecule has 21 fully saturated rings. The number of fused-ring (bicyclic) bond motifs is 32.